The van der Waals surface area contributed by atoms with E-state index in [1.807, 2.05) is 36.4 Å². The van der Waals surface area contributed by atoms with Crippen LogP contribution in [0.3, 0.4) is 0 Å². The Kier molecular flexibility index (Phi) is 7.66. The first kappa shape index (κ1) is 34.7. The Balaban J connectivity index is 0.940. The highest BCUT2D eigenvalue weighted by Crippen LogP contribution is 2.51. The molecule has 0 radical (unpaired) electrons. The average Bonchev–Trinajstić information content (AvgIpc) is 3.92. The van der Waals surface area contributed by atoms with Crippen molar-refractivity contribution in [1.82, 2.24) is 15.0 Å². The van der Waals surface area contributed by atoms with E-state index in [2.05, 4.69) is 164 Å². The van der Waals surface area contributed by atoms with E-state index in [1.165, 1.54) is 21.9 Å². The van der Waals surface area contributed by atoms with Crippen LogP contribution >= 0.6 is 0 Å². The van der Waals surface area contributed by atoms with Crippen LogP contribution in [-0.2, 0) is 0 Å². The normalized spacial score (nSPS) is 15.6. The van der Waals surface area contributed by atoms with Gasteiger partial charge in [-0.3, -0.25) is 0 Å². The van der Waals surface area contributed by atoms with Crippen LogP contribution in [0.25, 0.3) is 105 Å². The third-order valence-corrected chi connectivity index (χ3v) is 12.7. The van der Waals surface area contributed by atoms with Crippen molar-refractivity contribution in [2.45, 2.75) is 12.0 Å². The highest BCUT2D eigenvalue weighted by Gasteiger charge is 2.38. The minimum Gasteiger partial charge on any atom is -0.485 e. The van der Waals surface area contributed by atoms with Crippen LogP contribution in [0, 0.1) is 0 Å². The van der Waals surface area contributed by atoms with Gasteiger partial charge in [-0.05, 0) is 84.9 Å². The second-order valence-corrected chi connectivity index (χ2v) is 16.2. The van der Waals surface area contributed by atoms with Crippen molar-refractivity contribution in [2.75, 3.05) is 0 Å². The molecule has 62 heavy (non-hydrogen) atoms. The van der Waals surface area contributed by atoms with Crippen LogP contribution in [0.5, 0.6) is 5.75 Å². The Morgan fingerprint density at radius 2 is 1.05 bits per heavy atom. The fraction of sp³-hybridized carbons (Fsp3) is 0.0351. The summed E-state index contributed by atoms with van der Waals surface area (Å²) in [5.41, 5.74) is 10.4. The van der Waals surface area contributed by atoms with E-state index in [0.717, 1.165) is 82.6 Å². The molecule has 0 saturated carbocycles. The van der Waals surface area contributed by atoms with Gasteiger partial charge in [-0.2, -0.15) is 0 Å². The molecule has 13 rings (SSSR count). The third kappa shape index (κ3) is 5.38. The van der Waals surface area contributed by atoms with Crippen LogP contribution in [0.1, 0.15) is 17.0 Å². The van der Waals surface area contributed by atoms with Gasteiger partial charge in [0.05, 0.1) is 5.92 Å². The second kappa shape index (κ2) is 13.7. The summed E-state index contributed by atoms with van der Waals surface area (Å²) in [7, 11) is 0. The van der Waals surface area contributed by atoms with E-state index < -0.39 is 0 Å². The van der Waals surface area contributed by atoms with Gasteiger partial charge >= 0.3 is 0 Å². The standard InChI is InChI=1S/C57H35N3O2/c1-2-14-34(15-3-1)55-58-56(60-57(59-55)48-32-35-16-4-5-17-37(35)39-18-6-7-19-43(39)48)45-26-11-22-40-41(23-10-24-42(40)45)44-25-13-29-51-54(44)47-31-30-36(33-52(47)62-51)38-21-12-28-50-53(38)46-20-8-9-27-49(46)61-50/h1-33,51,54H. The predicted molar refractivity (Wildman–Crippen MR) is 252 cm³/mol. The van der Waals surface area contributed by atoms with Gasteiger partial charge in [0.15, 0.2) is 17.5 Å². The van der Waals surface area contributed by atoms with Crippen LogP contribution in [-0.4, -0.2) is 21.1 Å². The lowest BCUT2D eigenvalue weighted by molar-refractivity contribution is 0.272. The molecule has 0 N–H and O–H groups in total. The minimum absolute atomic E-state index is 0.0264. The Morgan fingerprint density at radius 3 is 1.92 bits per heavy atom. The number of ether oxygens (including phenoxy) is 1. The number of furan rings is 1. The molecule has 3 heterocycles. The molecule has 1 aliphatic carbocycles. The van der Waals surface area contributed by atoms with Crippen molar-refractivity contribution in [2.24, 2.45) is 0 Å². The maximum Gasteiger partial charge on any atom is 0.164 e. The lowest BCUT2D eigenvalue weighted by Gasteiger charge is -2.24. The van der Waals surface area contributed by atoms with Crippen LogP contribution in [0.15, 0.2) is 205 Å². The zero-order chi connectivity index (χ0) is 40.7. The number of aromatic nitrogens is 3. The number of allylic oxidation sites excluding steroid dienone is 2. The number of hydrogen-bond donors (Lipinski definition) is 0. The first-order chi connectivity index (χ1) is 30.7. The monoisotopic (exact) mass is 793 g/mol. The molecule has 2 unspecified atom stereocenters. The molecule has 1 aliphatic heterocycles. The molecule has 0 spiro atoms. The number of para-hydroxylation sites is 1. The average molecular weight is 794 g/mol. The molecule has 9 aromatic carbocycles. The van der Waals surface area contributed by atoms with Crippen LogP contribution < -0.4 is 4.74 Å². The van der Waals surface area contributed by atoms with Gasteiger partial charge in [-0.1, -0.05) is 170 Å². The number of benzene rings is 9. The van der Waals surface area contributed by atoms with E-state index in [1.54, 1.807) is 0 Å². The number of nitrogens with zero attached hydrogens (tertiary/aromatic N) is 3. The molecule has 0 bridgehead atoms. The summed E-state index contributed by atoms with van der Waals surface area (Å²) < 4.78 is 13.0. The molecule has 290 valence electrons. The van der Waals surface area contributed by atoms with Crippen molar-refractivity contribution in [1.29, 1.82) is 0 Å². The predicted octanol–water partition coefficient (Wildman–Crippen LogP) is 14.4. The van der Waals surface area contributed by atoms with Gasteiger partial charge < -0.3 is 9.15 Å². The SMILES string of the molecule is C1=CC2Oc3cc(-c4cccc5oc6ccccc6c45)ccc3C2C(c2cccc3c(-c4nc(-c5ccccc5)nc(-c5cc6ccccc6c6ccccc56)n4)cccc23)=C1. The van der Waals surface area contributed by atoms with Gasteiger partial charge in [0.25, 0.3) is 0 Å². The Morgan fingerprint density at radius 1 is 0.419 bits per heavy atom. The van der Waals surface area contributed by atoms with Crippen molar-refractivity contribution in [3.05, 3.63) is 211 Å². The molecule has 2 aliphatic rings. The summed E-state index contributed by atoms with van der Waals surface area (Å²) in [6, 6.07) is 63.8. The molecule has 5 nitrogen and oxygen atoms in total. The summed E-state index contributed by atoms with van der Waals surface area (Å²) in [5.74, 6) is 2.84. The largest absolute Gasteiger partial charge is 0.485 e. The first-order valence-corrected chi connectivity index (χ1v) is 21.1. The molecular weight excluding hydrogens is 759 g/mol. The van der Waals surface area contributed by atoms with E-state index in [-0.39, 0.29) is 12.0 Å². The van der Waals surface area contributed by atoms with Gasteiger partial charge in [0, 0.05) is 33.0 Å². The van der Waals surface area contributed by atoms with Crippen molar-refractivity contribution < 1.29 is 9.15 Å². The van der Waals surface area contributed by atoms with Gasteiger partial charge in [0.1, 0.15) is 23.0 Å². The fourth-order valence-electron chi connectivity index (χ4n) is 9.92. The fourth-order valence-corrected chi connectivity index (χ4v) is 9.92. The lowest BCUT2D eigenvalue weighted by atomic mass is 9.79. The van der Waals surface area contributed by atoms with Gasteiger partial charge in [-0.15, -0.1) is 0 Å². The van der Waals surface area contributed by atoms with Crippen LogP contribution in [0.4, 0.5) is 0 Å². The highest BCUT2D eigenvalue weighted by molar-refractivity contribution is 6.14. The van der Waals surface area contributed by atoms with Gasteiger partial charge in [-0.25, -0.2) is 15.0 Å². The molecule has 0 amide bonds. The lowest BCUT2D eigenvalue weighted by Crippen LogP contribution is -2.19. The quantitative estimate of drug-likeness (QED) is 0.162. The summed E-state index contributed by atoms with van der Waals surface area (Å²) in [5, 5.41) is 9.07. The zero-order valence-electron chi connectivity index (χ0n) is 33.4. The molecule has 2 aromatic heterocycles. The molecule has 5 heteroatoms. The topological polar surface area (TPSA) is 61.0 Å². The van der Waals surface area contributed by atoms with Crippen molar-refractivity contribution >= 4 is 59.8 Å². The van der Waals surface area contributed by atoms with E-state index in [9.17, 15) is 0 Å². The Bertz CT molecular complexity index is 3700. The molecule has 2 atom stereocenters. The number of fused-ring (bicyclic) bond motifs is 10. The second-order valence-electron chi connectivity index (χ2n) is 16.2. The summed E-state index contributed by atoms with van der Waals surface area (Å²) in [6.45, 7) is 0. The van der Waals surface area contributed by atoms with E-state index >= 15 is 0 Å². The number of rotatable bonds is 5. The Hall–Kier alpha value is -8.15. The van der Waals surface area contributed by atoms with Crippen molar-refractivity contribution in [3.8, 4) is 51.0 Å². The maximum atomic E-state index is 6.80. The summed E-state index contributed by atoms with van der Waals surface area (Å²) in [6.07, 6.45) is 6.46. The van der Waals surface area contributed by atoms with E-state index in [4.69, 9.17) is 24.1 Å². The third-order valence-electron chi connectivity index (χ3n) is 12.7. The van der Waals surface area contributed by atoms with Crippen molar-refractivity contribution in [3.63, 3.8) is 0 Å². The summed E-state index contributed by atoms with van der Waals surface area (Å²) in [4.78, 5) is 15.7. The van der Waals surface area contributed by atoms with Crippen LogP contribution in [0.2, 0.25) is 0 Å². The minimum atomic E-state index is -0.125. The van der Waals surface area contributed by atoms with Gasteiger partial charge in [0.2, 0.25) is 0 Å². The summed E-state index contributed by atoms with van der Waals surface area (Å²) >= 11 is 0. The molecule has 0 fully saturated rings. The first-order valence-electron chi connectivity index (χ1n) is 21.1. The Labute approximate surface area is 356 Å². The maximum absolute atomic E-state index is 6.80. The molecule has 11 aromatic rings. The number of hydrogen-bond acceptors (Lipinski definition) is 5. The molecule has 0 saturated heterocycles. The smallest absolute Gasteiger partial charge is 0.164 e. The highest BCUT2D eigenvalue weighted by atomic mass is 16.5. The van der Waals surface area contributed by atoms with E-state index in [0.29, 0.717) is 17.5 Å². The molecular formula is C57H35N3O2. The zero-order valence-corrected chi connectivity index (χ0v) is 33.4.